The average molecular weight is 391 g/mol. The highest BCUT2D eigenvalue weighted by molar-refractivity contribution is 5.80. The Labute approximate surface area is 168 Å². The highest BCUT2D eigenvalue weighted by Crippen LogP contribution is 2.12. The molecular weight excluding hydrogens is 356 g/mol. The first kappa shape index (κ1) is 21.8. The summed E-state index contributed by atoms with van der Waals surface area (Å²) in [5.74, 6) is 1.96. The zero-order valence-corrected chi connectivity index (χ0v) is 17.6. The molecule has 8 nitrogen and oxygen atoms in total. The molecule has 0 aliphatic carbocycles. The van der Waals surface area contributed by atoms with Crippen LogP contribution < -0.4 is 15.5 Å². The highest BCUT2D eigenvalue weighted by Gasteiger charge is 2.20. The van der Waals surface area contributed by atoms with Crippen molar-refractivity contribution in [1.82, 2.24) is 20.5 Å². The van der Waals surface area contributed by atoms with Crippen molar-refractivity contribution >= 4 is 17.9 Å². The van der Waals surface area contributed by atoms with E-state index in [-0.39, 0.29) is 6.09 Å². The van der Waals surface area contributed by atoms with E-state index in [4.69, 9.17) is 9.73 Å². The molecule has 0 saturated carbocycles. The van der Waals surface area contributed by atoms with Gasteiger partial charge in [0.25, 0.3) is 0 Å². The van der Waals surface area contributed by atoms with Gasteiger partial charge in [-0.15, -0.1) is 0 Å². The molecule has 1 aliphatic rings. The van der Waals surface area contributed by atoms with Crippen LogP contribution in [-0.2, 0) is 4.74 Å². The van der Waals surface area contributed by atoms with Crippen LogP contribution in [-0.4, -0.2) is 73.4 Å². The summed E-state index contributed by atoms with van der Waals surface area (Å²) >= 11 is 0. The standard InChI is InChI=1S/C20H34N6O2/c1-5-21-18(23-11-8-12-24-19(27)28-20(2,3)4)26-15-13-25(14-16-26)17-9-6-7-10-22-17/h6-7,9-10H,5,8,11-16H2,1-4H3,(H,21,23)(H,24,27). The van der Waals surface area contributed by atoms with Crippen LogP contribution in [0.25, 0.3) is 0 Å². The molecule has 1 amide bonds. The number of hydrogen-bond donors (Lipinski definition) is 2. The third-order valence-corrected chi connectivity index (χ3v) is 4.15. The van der Waals surface area contributed by atoms with Crippen LogP contribution in [0.4, 0.5) is 10.6 Å². The number of hydrogen-bond acceptors (Lipinski definition) is 5. The van der Waals surface area contributed by atoms with Crippen LogP contribution >= 0.6 is 0 Å². The van der Waals surface area contributed by atoms with E-state index in [1.165, 1.54) is 0 Å². The maximum Gasteiger partial charge on any atom is 0.407 e. The van der Waals surface area contributed by atoms with Gasteiger partial charge in [0.15, 0.2) is 5.96 Å². The number of anilines is 1. The fraction of sp³-hybridized carbons (Fsp3) is 0.650. The number of nitrogens with zero attached hydrogens (tertiary/aromatic N) is 4. The summed E-state index contributed by atoms with van der Waals surface area (Å²) in [5.41, 5.74) is -0.474. The number of ether oxygens (including phenoxy) is 1. The summed E-state index contributed by atoms with van der Waals surface area (Å²) in [6, 6.07) is 6.01. The van der Waals surface area contributed by atoms with Crippen LogP contribution in [0.5, 0.6) is 0 Å². The number of carbonyl (C=O) groups is 1. The van der Waals surface area contributed by atoms with Crippen molar-refractivity contribution in [2.75, 3.05) is 50.7 Å². The fourth-order valence-corrected chi connectivity index (χ4v) is 2.88. The Kier molecular flexibility index (Phi) is 8.35. The summed E-state index contributed by atoms with van der Waals surface area (Å²) in [6.07, 6.45) is 2.22. The quantitative estimate of drug-likeness (QED) is 0.440. The van der Waals surface area contributed by atoms with E-state index >= 15 is 0 Å². The molecule has 1 aromatic heterocycles. The lowest BCUT2D eigenvalue weighted by Gasteiger charge is -2.37. The van der Waals surface area contributed by atoms with Crippen molar-refractivity contribution in [2.45, 2.75) is 39.7 Å². The maximum absolute atomic E-state index is 11.7. The van der Waals surface area contributed by atoms with Gasteiger partial charge in [-0.3, -0.25) is 4.99 Å². The first-order valence-corrected chi connectivity index (χ1v) is 10.0. The van der Waals surface area contributed by atoms with E-state index in [0.29, 0.717) is 13.1 Å². The molecule has 0 aromatic carbocycles. The number of piperazine rings is 1. The van der Waals surface area contributed by atoms with Gasteiger partial charge in [0.2, 0.25) is 0 Å². The molecule has 0 radical (unpaired) electrons. The Hall–Kier alpha value is -2.51. The fourth-order valence-electron chi connectivity index (χ4n) is 2.88. The van der Waals surface area contributed by atoms with Gasteiger partial charge in [-0.1, -0.05) is 6.07 Å². The molecule has 1 aliphatic heterocycles. The minimum absolute atomic E-state index is 0.381. The van der Waals surface area contributed by atoms with E-state index in [9.17, 15) is 4.79 Å². The Morgan fingerprint density at radius 1 is 1.21 bits per heavy atom. The van der Waals surface area contributed by atoms with Crippen molar-refractivity contribution in [1.29, 1.82) is 0 Å². The minimum Gasteiger partial charge on any atom is -0.444 e. The van der Waals surface area contributed by atoms with Gasteiger partial charge >= 0.3 is 6.09 Å². The monoisotopic (exact) mass is 390 g/mol. The topological polar surface area (TPSA) is 82.1 Å². The predicted octanol–water partition coefficient (Wildman–Crippen LogP) is 2.08. The Balaban J connectivity index is 1.75. The van der Waals surface area contributed by atoms with Gasteiger partial charge in [0, 0.05) is 52.0 Å². The lowest BCUT2D eigenvalue weighted by molar-refractivity contribution is 0.0527. The summed E-state index contributed by atoms with van der Waals surface area (Å²) in [4.78, 5) is 25.4. The molecule has 1 aromatic rings. The van der Waals surface area contributed by atoms with Crippen molar-refractivity contribution in [3.05, 3.63) is 24.4 Å². The van der Waals surface area contributed by atoms with E-state index in [1.54, 1.807) is 0 Å². The van der Waals surface area contributed by atoms with Crippen molar-refractivity contribution in [2.24, 2.45) is 4.99 Å². The number of rotatable bonds is 6. The number of pyridine rings is 1. The molecule has 0 atom stereocenters. The second kappa shape index (κ2) is 10.7. The number of aliphatic imine (C=N–C) groups is 1. The molecule has 1 saturated heterocycles. The molecule has 1 fully saturated rings. The number of carbonyl (C=O) groups excluding carboxylic acids is 1. The molecule has 0 bridgehead atoms. The third-order valence-electron chi connectivity index (χ3n) is 4.15. The smallest absolute Gasteiger partial charge is 0.407 e. The molecule has 2 N–H and O–H groups in total. The van der Waals surface area contributed by atoms with Crippen LogP contribution in [0, 0.1) is 0 Å². The Morgan fingerprint density at radius 2 is 1.96 bits per heavy atom. The first-order valence-electron chi connectivity index (χ1n) is 10.0. The Bertz CT molecular complexity index is 621. The van der Waals surface area contributed by atoms with Crippen LogP contribution in [0.2, 0.25) is 0 Å². The number of alkyl carbamates (subject to hydrolysis) is 1. The first-order chi connectivity index (χ1) is 13.4. The third kappa shape index (κ3) is 7.62. The normalized spacial score (nSPS) is 15.4. The molecule has 8 heteroatoms. The van der Waals surface area contributed by atoms with E-state index in [0.717, 1.165) is 50.9 Å². The average Bonchev–Trinajstić information content (AvgIpc) is 2.66. The summed E-state index contributed by atoms with van der Waals surface area (Å²) in [7, 11) is 0. The zero-order valence-electron chi connectivity index (χ0n) is 17.6. The minimum atomic E-state index is -0.474. The number of guanidine groups is 1. The van der Waals surface area contributed by atoms with Crippen molar-refractivity contribution in [3.8, 4) is 0 Å². The van der Waals surface area contributed by atoms with Crippen molar-refractivity contribution in [3.63, 3.8) is 0 Å². The van der Waals surface area contributed by atoms with Gasteiger partial charge < -0.3 is 25.2 Å². The maximum atomic E-state index is 11.7. The van der Waals surface area contributed by atoms with Gasteiger partial charge in [0.05, 0.1) is 0 Å². The van der Waals surface area contributed by atoms with Crippen LogP contribution in [0.1, 0.15) is 34.1 Å². The lowest BCUT2D eigenvalue weighted by Crippen LogP contribution is -2.52. The van der Waals surface area contributed by atoms with Crippen molar-refractivity contribution < 1.29 is 9.53 Å². The summed E-state index contributed by atoms with van der Waals surface area (Å²) < 4.78 is 5.23. The molecule has 2 rings (SSSR count). The molecule has 0 spiro atoms. The molecule has 28 heavy (non-hydrogen) atoms. The summed E-state index contributed by atoms with van der Waals surface area (Å²) in [5, 5.41) is 6.14. The van der Waals surface area contributed by atoms with Gasteiger partial charge in [-0.2, -0.15) is 0 Å². The predicted molar refractivity (Wildman–Crippen MR) is 113 cm³/mol. The van der Waals surface area contributed by atoms with Gasteiger partial charge in [0.1, 0.15) is 11.4 Å². The largest absolute Gasteiger partial charge is 0.444 e. The number of nitrogens with one attached hydrogen (secondary N) is 2. The second-order valence-electron chi connectivity index (χ2n) is 7.68. The number of aromatic nitrogens is 1. The van der Waals surface area contributed by atoms with Crippen LogP contribution in [0.15, 0.2) is 29.4 Å². The molecule has 156 valence electrons. The highest BCUT2D eigenvalue weighted by atomic mass is 16.6. The molecule has 0 unspecified atom stereocenters. The van der Waals surface area contributed by atoms with Gasteiger partial charge in [-0.25, -0.2) is 9.78 Å². The number of amides is 1. The SMILES string of the molecule is CCNC(=NCCCNC(=O)OC(C)(C)C)N1CCN(c2ccccn2)CC1. The second-order valence-corrected chi connectivity index (χ2v) is 7.68. The lowest BCUT2D eigenvalue weighted by atomic mass is 10.2. The van der Waals surface area contributed by atoms with Crippen LogP contribution in [0.3, 0.4) is 0 Å². The van der Waals surface area contributed by atoms with Gasteiger partial charge in [-0.05, 0) is 46.2 Å². The van der Waals surface area contributed by atoms with E-state index in [1.807, 2.05) is 45.2 Å². The molecule has 2 heterocycles. The zero-order chi connectivity index (χ0) is 20.4. The molecular formula is C20H34N6O2. The Morgan fingerprint density at radius 3 is 2.57 bits per heavy atom. The summed E-state index contributed by atoms with van der Waals surface area (Å²) in [6.45, 7) is 13.3. The van der Waals surface area contributed by atoms with E-state index in [2.05, 4.69) is 32.3 Å². The van der Waals surface area contributed by atoms with E-state index < -0.39 is 5.60 Å².